The Morgan fingerprint density at radius 2 is 1.77 bits per heavy atom. The zero-order valence-electron chi connectivity index (χ0n) is 18.8. The summed E-state index contributed by atoms with van der Waals surface area (Å²) in [7, 11) is 1.76. The van der Waals surface area contributed by atoms with Crippen LogP contribution < -0.4 is 10.6 Å². The summed E-state index contributed by atoms with van der Waals surface area (Å²) in [4.78, 5) is 2.71. The van der Waals surface area contributed by atoms with Crippen molar-refractivity contribution >= 4 is 17.3 Å². The summed E-state index contributed by atoms with van der Waals surface area (Å²) in [6.45, 7) is 6.36. The van der Waals surface area contributed by atoms with Gasteiger partial charge in [0.25, 0.3) is 0 Å². The Kier molecular flexibility index (Phi) is 7.87. The van der Waals surface area contributed by atoms with Crippen LogP contribution in [0, 0.1) is 33.5 Å². The Morgan fingerprint density at radius 1 is 1.07 bits per heavy atom. The van der Waals surface area contributed by atoms with Gasteiger partial charge in [-0.05, 0) is 81.5 Å². The van der Waals surface area contributed by atoms with Crippen LogP contribution in [-0.2, 0) is 0 Å². The SMILES string of the molecule is CN/C=C(\C(C)=N)C(=N)/C=C\C(=N)NCC1CC12CCN(CC1CCCCC1)CC2. The van der Waals surface area contributed by atoms with Gasteiger partial charge < -0.3 is 26.4 Å². The second-order valence-electron chi connectivity index (χ2n) is 9.58. The number of hydrogen-bond donors (Lipinski definition) is 5. The van der Waals surface area contributed by atoms with Crippen LogP contribution in [0.15, 0.2) is 23.9 Å². The third-order valence-corrected chi connectivity index (χ3v) is 7.39. The summed E-state index contributed by atoms with van der Waals surface area (Å²) in [5, 5.41) is 30.1. The Hall–Kier alpha value is -1.95. The number of piperidine rings is 1. The van der Waals surface area contributed by atoms with Gasteiger partial charge in [0.2, 0.25) is 0 Å². The van der Waals surface area contributed by atoms with Crippen LogP contribution in [0.2, 0.25) is 0 Å². The van der Waals surface area contributed by atoms with Crippen molar-refractivity contribution in [3.05, 3.63) is 23.9 Å². The van der Waals surface area contributed by atoms with E-state index >= 15 is 0 Å². The highest BCUT2D eigenvalue weighted by Gasteiger charge is 2.54. The summed E-state index contributed by atoms with van der Waals surface area (Å²) in [6, 6.07) is 0. The molecule has 1 unspecified atom stereocenters. The third-order valence-electron chi connectivity index (χ3n) is 7.39. The number of hydrogen-bond acceptors (Lipinski definition) is 5. The maximum Gasteiger partial charge on any atom is 0.118 e. The van der Waals surface area contributed by atoms with E-state index in [-0.39, 0.29) is 5.71 Å². The molecule has 3 rings (SSSR count). The molecular formula is C24H40N6. The van der Waals surface area contributed by atoms with E-state index in [1.165, 1.54) is 71.0 Å². The average Bonchev–Trinajstić information content (AvgIpc) is 3.43. The first-order valence-corrected chi connectivity index (χ1v) is 11.7. The van der Waals surface area contributed by atoms with Gasteiger partial charge in [0, 0.05) is 37.6 Å². The molecule has 30 heavy (non-hydrogen) atoms. The van der Waals surface area contributed by atoms with Crippen molar-refractivity contribution in [2.45, 2.75) is 58.3 Å². The molecule has 5 N–H and O–H groups in total. The molecule has 3 aliphatic rings. The molecule has 6 nitrogen and oxygen atoms in total. The number of nitrogens with one attached hydrogen (secondary N) is 5. The molecule has 1 saturated heterocycles. The maximum atomic E-state index is 8.14. The highest BCUT2D eigenvalue weighted by molar-refractivity contribution is 6.26. The van der Waals surface area contributed by atoms with E-state index < -0.39 is 0 Å². The lowest BCUT2D eigenvalue weighted by molar-refractivity contribution is 0.131. The van der Waals surface area contributed by atoms with Crippen LogP contribution in [0.25, 0.3) is 0 Å². The highest BCUT2D eigenvalue weighted by atomic mass is 15.1. The van der Waals surface area contributed by atoms with Gasteiger partial charge in [0.1, 0.15) is 5.84 Å². The summed E-state index contributed by atoms with van der Waals surface area (Å²) in [5.74, 6) is 1.98. The molecule has 0 bridgehead atoms. The molecule has 0 aromatic rings. The van der Waals surface area contributed by atoms with E-state index in [0.717, 1.165) is 12.5 Å². The zero-order valence-corrected chi connectivity index (χ0v) is 18.8. The van der Waals surface area contributed by atoms with Crippen LogP contribution in [0.4, 0.5) is 0 Å². The topological polar surface area (TPSA) is 98.9 Å². The van der Waals surface area contributed by atoms with Gasteiger partial charge in [0.15, 0.2) is 0 Å². The predicted octanol–water partition coefficient (Wildman–Crippen LogP) is 3.95. The number of allylic oxidation sites excluding steroid dienone is 2. The summed E-state index contributed by atoms with van der Waals surface area (Å²) < 4.78 is 0. The van der Waals surface area contributed by atoms with Crippen molar-refractivity contribution in [2.24, 2.45) is 17.3 Å². The van der Waals surface area contributed by atoms with Gasteiger partial charge in [-0.1, -0.05) is 19.3 Å². The van der Waals surface area contributed by atoms with E-state index in [9.17, 15) is 0 Å². The minimum Gasteiger partial charge on any atom is -0.393 e. The maximum absolute atomic E-state index is 8.14. The highest BCUT2D eigenvalue weighted by Crippen LogP contribution is 2.59. The second-order valence-corrected chi connectivity index (χ2v) is 9.58. The van der Waals surface area contributed by atoms with E-state index in [1.54, 1.807) is 32.3 Å². The number of nitrogens with zero attached hydrogens (tertiary/aromatic N) is 1. The molecule has 6 heteroatoms. The molecule has 1 atom stereocenters. The zero-order chi connectivity index (χ0) is 21.6. The molecule has 0 radical (unpaired) electrons. The number of rotatable bonds is 9. The normalized spacial score (nSPS) is 24.7. The lowest BCUT2D eigenvalue weighted by atomic mass is 9.86. The number of amidine groups is 1. The van der Waals surface area contributed by atoms with Crippen molar-refractivity contribution in [2.75, 3.05) is 33.2 Å². The average molecular weight is 413 g/mol. The van der Waals surface area contributed by atoms with Crippen molar-refractivity contribution in [1.29, 1.82) is 16.2 Å². The fourth-order valence-corrected chi connectivity index (χ4v) is 5.33. The van der Waals surface area contributed by atoms with Crippen molar-refractivity contribution in [3.8, 4) is 0 Å². The molecule has 1 heterocycles. The van der Waals surface area contributed by atoms with Crippen LogP contribution >= 0.6 is 0 Å². The largest absolute Gasteiger partial charge is 0.393 e. The fraction of sp³-hybridized carbons (Fsp3) is 0.708. The van der Waals surface area contributed by atoms with Crippen LogP contribution in [-0.4, -0.2) is 55.4 Å². The third kappa shape index (κ3) is 6.03. The van der Waals surface area contributed by atoms with E-state index in [4.69, 9.17) is 16.2 Å². The van der Waals surface area contributed by atoms with Crippen molar-refractivity contribution < 1.29 is 0 Å². The second kappa shape index (κ2) is 10.4. The molecule has 0 aromatic carbocycles. The van der Waals surface area contributed by atoms with Gasteiger partial charge in [-0.3, -0.25) is 5.41 Å². The van der Waals surface area contributed by atoms with Crippen LogP contribution in [0.5, 0.6) is 0 Å². The van der Waals surface area contributed by atoms with Crippen LogP contribution in [0.1, 0.15) is 58.3 Å². The van der Waals surface area contributed by atoms with Gasteiger partial charge in [-0.25, -0.2) is 0 Å². The first-order valence-electron chi connectivity index (χ1n) is 11.7. The molecular weight excluding hydrogens is 372 g/mol. The molecule has 1 aliphatic heterocycles. The van der Waals surface area contributed by atoms with Gasteiger partial charge >= 0.3 is 0 Å². The van der Waals surface area contributed by atoms with Crippen LogP contribution in [0.3, 0.4) is 0 Å². The lowest BCUT2D eigenvalue weighted by Gasteiger charge is -2.36. The molecule has 0 amide bonds. The van der Waals surface area contributed by atoms with E-state index in [1.807, 2.05) is 0 Å². The monoisotopic (exact) mass is 412 g/mol. The number of likely N-dealkylation sites (tertiary alicyclic amines) is 1. The van der Waals surface area contributed by atoms with Crippen molar-refractivity contribution in [3.63, 3.8) is 0 Å². The molecule has 2 aliphatic carbocycles. The first kappa shape index (κ1) is 22.7. The standard InChI is InChI=1S/C24H40N6/c1-18(25)21(16-28-2)22(26)8-9-23(27)29-15-20-14-24(20)10-12-30(13-11-24)17-19-6-4-3-5-7-19/h8-9,16,19-20,25-26,28H,3-7,10-15,17H2,1-2H3,(H2,27,29)/b9-8-,21-16+,25-18?,26-22?. The Labute approximate surface area is 182 Å². The van der Waals surface area contributed by atoms with Gasteiger partial charge in [-0.15, -0.1) is 0 Å². The quantitative estimate of drug-likeness (QED) is 0.293. The molecule has 0 aromatic heterocycles. The Morgan fingerprint density at radius 3 is 2.40 bits per heavy atom. The lowest BCUT2D eigenvalue weighted by Crippen LogP contribution is -2.39. The van der Waals surface area contributed by atoms with E-state index in [0.29, 0.717) is 28.5 Å². The first-order chi connectivity index (χ1) is 14.4. The van der Waals surface area contributed by atoms with E-state index in [2.05, 4.69) is 15.5 Å². The van der Waals surface area contributed by atoms with Gasteiger partial charge in [-0.2, -0.15) is 0 Å². The summed E-state index contributed by atoms with van der Waals surface area (Å²) in [6.07, 6.45) is 16.0. The smallest absolute Gasteiger partial charge is 0.118 e. The minimum absolute atomic E-state index is 0.247. The fourth-order valence-electron chi connectivity index (χ4n) is 5.33. The minimum atomic E-state index is 0.247. The molecule has 166 valence electrons. The Balaban J connectivity index is 1.36. The molecule has 1 spiro atoms. The van der Waals surface area contributed by atoms with Crippen molar-refractivity contribution in [1.82, 2.24) is 15.5 Å². The summed E-state index contributed by atoms with van der Waals surface area (Å²) in [5.41, 5.74) is 1.65. The Bertz CT molecular complexity index is 692. The molecule has 2 saturated carbocycles. The molecule has 3 fully saturated rings. The predicted molar refractivity (Wildman–Crippen MR) is 126 cm³/mol. The van der Waals surface area contributed by atoms with Gasteiger partial charge in [0.05, 0.1) is 5.71 Å². The summed E-state index contributed by atoms with van der Waals surface area (Å²) >= 11 is 0.